The first kappa shape index (κ1) is 17.6. The monoisotopic (exact) mass is 388 g/mol. The minimum atomic E-state index is 0.631. The smallest absolute Gasteiger partial charge is 0.0647 e. The topological polar surface area (TPSA) is 0 Å². The minimum absolute atomic E-state index is 0.631. The van der Waals surface area contributed by atoms with Gasteiger partial charge in [0.2, 0.25) is 0 Å². The predicted octanol–water partition coefficient (Wildman–Crippen LogP) is 7.96. The molecule has 0 radical (unpaired) electrons. The fraction of sp³-hybridized carbons (Fsp3) is 0. The van der Waals surface area contributed by atoms with E-state index in [1.165, 1.54) is 16.3 Å². The Kier molecular flexibility index (Phi) is 4.32. The summed E-state index contributed by atoms with van der Waals surface area (Å²) in [4.78, 5) is 0. The molecule has 136 valence electrons. The number of halogens is 1. The van der Waals surface area contributed by atoms with Gasteiger partial charge in [0.05, 0.1) is 5.02 Å². The van der Waals surface area contributed by atoms with Crippen molar-refractivity contribution in [2.45, 2.75) is 0 Å². The van der Waals surface area contributed by atoms with Crippen LogP contribution in [0.5, 0.6) is 0 Å². The fourth-order valence-electron chi connectivity index (χ4n) is 4.16. The molecule has 5 aromatic carbocycles. The number of fused-ring (bicyclic) bond motifs is 2. The van der Waals surface area contributed by atoms with Crippen molar-refractivity contribution in [1.29, 1.82) is 0 Å². The molecule has 0 spiro atoms. The van der Waals surface area contributed by atoms with Crippen LogP contribution in [0.15, 0.2) is 97.1 Å². The summed E-state index contributed by atoms with van der Waals surface area (Å²) >= 11 is 6.91. The molecule has 0 N–H and O–H groups in total. The van der Waals surface area contributed by atoms with Gasteiger partial charge in [0.1, 0.15) is 0 Å². The highest BCUT2D eigenvalue weighted by Crippen LogP contribution is 2.46. The van der Waals surface area contributed by atoms with Gasteiger partial charge in [-0.1, -0.05) is 109 Å². The first-order valence-electron chi connectivity index (χ1n) is 9.54. The molecule has 5 aromatic rings. The zero-order chi connectivity index (χ0) is 19.8. The average Bonchev–Trinajstić information content (AvgIpc) is 2.79. The number of terminal acetylenes is 1. The summed E-state index contributed by atoms with van der Waals surface area (Å²) < 4.78 is 0. The summed E-state index contributed by atoms with van der Waals surface area (Å²) in [7, 11) is 0. The molecule has 0 saturated heterocycles. The van der Waals surface area contributed by atoms with E-state index < -0.39 is 0 Å². The van der Waals surface area contributed by atoms with Crippen LogP contribution in [0.1, 0.15) is 5.56 Å². The van der Waals surface area contributed by atoms with Crippen molar-refractivity contribution in [1.82, 2.24) is 0 Å². The number of hydrogen-bond acceptors (Lipinski definition) is 0. The van der Waals surface area contributed by atoms with E-state index >= 15 is 0 Å². The molecule has 0 aromatic heterocycles. The minimum Gasteiger partial charge on any atom is -0.115 e. The Hall–Kier alpha value is -3.53. The molecule has 5 rings (SSSR count). The van der Waals surface area contributed by atoms with Gasteiger partial charge < -0.3 is 0 Å². The predicted molar refractivity (Wildman–Crippen MR) is 125 cm³/mol. The lowest BCUT2D eigenvalue weighted by Crippen LogP contribution is -1.92. The van der Waals surface area contributed by atoms with E-state index in [2.05, 4.69) is 84.8 Å². The molecular weight excluding hydrogens is 372 g/mol. The summed E-state index contributed by atoms with van der Waals surface area (Å²) in [5.41, 5.74) is 5.31. The van der Waals surface area contributed by atoms with E-state index in [1.807, 2.05) is 18.2 Å². The third-order valence-corrected chi connectivity index (χ3v) is 5.80. The lowest BCUT2D eigenvalue weighted by Gasteiger charge is -2.19. The zero-order valence-electron chi connectivity index (χ0n) is 15.7. The van der Waals surface area contributed by atoms with Crippen LogP contribution in [-0.4, -0.2) is 0 Å². The molecule has 29 heavy (non-hydrogen) atoms. The second-order valence-electron chi connectivity index (χ2n) is 7.02. The number of rotatable bonds is 2. The van der Waals surface area contributed by atoms with Gasteiger partial charge in [0.15, 0.2) is 0 Å². The molecule has 0 heterocycles. The molecule has 0 aliphatic heterocycles. The van der Waals surface area contributed by atoms with E-state index in [0.717, 1.165) is 27.5 Å². The molecule has 0 aliphatic rings. The third-order valence-electron chi connectivity index (χ3n) is 5.41. The molecule has 0 aliphatic carbocycles. The lowest BCUT2D eigenvalue weighted by atomic mass is 9.85. The van der Waals surface area contributed by atoms with Crippen molar-refractivity contribution in [3.63, 3.8) is 0 Å². The Morgan fingerprint density at radius 3 is 1.66 bits per heavy atom. The van der Waals surface area contributed by atoms with Gasteiger partial charge in [-0.15, -0.1) is 6.42 Å². The molecule has 0 amide bonds. The van der Waals surface area contributed by atoms with Crippen LogP contribution < -0.4 is 0 Å². The van der Waals surface area contributed by atoms with Crippen molar-refractivity contribution in [3.8, 4) is 34.6 Å². The van der Waals surface area contributed by atoms with Crippen LogP contribution >= 0.6 is 11.6 Å². The van der Waals surface area contributed by atoms with Crippen LogP contribution in [0.4, 0.5) is 0 Å². The van der Waals surface area contributed by atoms with Crippen molar-refractivity contribution < 1.29 is 0 Å². The Bertz CT molecular complexity index is 1390. The van der Waals surface area contributed by atoms with Crippen molar-refractivity contribution in [2.24, 2.45) is 0 Å². The Morgan fingerprint density at radius 1 is 0.552 bits per heavy atom. The first-order chi connectivity index (χ1) is 14.3. The summed E-state index contributed by atoms with van der Waals surface area (Å²) in [6, 6.07) is 33.4. The third kappa shape index (κ3) is 2.80. The second kappa shape index (κ2) is 7.13. The maximum atomic E-state index is 6.91. The molecular formula is C28H17Cl. The van der Waals surface area contributed by atoms with E-state index in [-0.39, 0.29) is 0 Å². The summed E-state index contributed by atoms with van der Waals surface area (Å²) in [6.45, 7) is 0. The SMILES string of the molecule is C#Cc1ccc2c(-c3ccccc3)c3ccccc3c(-c3ccccc3)c2c1Cl. The van der Waals surface area contributed by atoms with Crippen LogP contribution in [0.2, 0.25) is 5.02 Å². The molecule has 0 bridgehead atoms. The fourth-order valence-corrected chi connectivity index (χ4v) is 4.47. The number of benzene rings is 5. The normalized spacial score (nSPS) is 10.9. The first-order valence-corrected chi connectivity index (χ1v) is 9.92. The Labute approximate surface area is 175 Å². The van der Waals surface area contributed by atoms with E-state index in [1.54, 1.807) is 0 Å². The van der Waals surface area contributed by atoms with E-state index in [4.69, 9.17) is 18.0 Å². The summed E-state index contributed by atoms with van der Waals surface area (Å²) in [6.07, 6.45) is 5.76. The van der Waals surface area contributed by atoms with Gasteiger partial charge in [0.25, 0.3) is 0 Å². The van der Waals surface area contributed by atoms with Gasteiger partial charge in [-0.25, -0.2) is 0 Å². The highest BCUT2D eigenvalue weighted by atomic mass is 35.5. The van der Waals surface area contributed by atoms with Gasteiger partial charge in [0, 0.05) is 10.9 Å². The molecule has 1 heteroatoms. The van der Waals surface area contributed by atoms with Crippen LogP contribution in [0, 0.1) is 12.3 Å². The molecule has 0 saturated carbocycles. The molecule has 0 unspecified atom stereocenters. The van der Waals surface area contributed by atoms with Crippen molar-refractivity contribution in [2.75, 3.05) is 0 Å². The standard InChI is InChI=1S/C28H17Cl/c1-2-19-17-18-24-25(20-11-5-3-6-12-20)22-15-9-10-16-23(22)26(27(24)28(19)29)21-13-7-4-8-14-21/h1,3-18H. The molecule has 0 atom stereocenters. The Morgan fingerprint density at radius 2 is 1.07 bits per heavy atom. The second-order valence-corrected chi connectivity index (χ2v) is 7.40. The average molecular weight is 389 g/mol. The zero-order valence-corrected chi connectivity index (χ0v) is 16.4. The Balaban J connectivity index is 2.08. The largest absolute Gasteiger partial charge is 0.115 e. The van der Waals surface area contributed by atoms with Gasteiger partial charge in [-0.3, -0.25) is 0 Å². The highest BCUT2D eigenvalue weighted by Gasteiger charge is 2.19. The van der Waals surface area contributed by atoms with Crippen molar-refractivity contribution in [3.05, 3.63) is 108 Å². The van der Waals surface area contributed by atoms with Crippen molar-refractivity contribution >= 4 is 33.1 Å². The van der Waals surface area contributed by atoms with E-state index in [0.29, 0.717) is 10.6 Å². The van der Waals surface area contributed by atoms with Crippen LogP contribution in [-0.2, 0) is 0 Å². The summed E-state index contributed by atoms with van der Waals surface area (Å²) in [5, 5.41) is 5.12. The van der Waals surface area contributed by atoms with Gasteiger partial charge in [-0.05, 0) is 44.5 Å². The highest BCUT2D eigenvalue weighted by molar-refractivity contribution is 6.40. The van der Waals surface area contributed by atoms with Crippen LogP contribution in [0.25, 0.3) is 43.8 Å². The van der Waals surface area contributed by atoms with Gasteiger partial charge in [-0.2, -0.15) is 0 Å². The quantitative estimate of drug-likeness (QED) is 0.212. The molecule has 0 nitrogen and oxygen atoms in total. The lowest BCUT2D eigenvalue weighted by molar-refractivity contribution is 1.64. The maximum Gasteiger partial charge on any atom is 0.0647 e. The maximum absolute atomic E-state index is 6.91. The number of hydrogen-bond donors (Lipinski definition) is 0. The van der Waals surface area contributed by atoms with Gasteiger partial charge >= 0.3 is 0 Å². The molecule has 0 fully saturated rings. The van der Waals surface area contributed by atoms with E-state index in [9.17, 15) is 0 Å². The van der Waals surface area contributed by atoms with Crippen LogP contribution in [0.3, 0.4) is 0 Å². The summed E-state index contributed by atoms with van der Waals surface area (Å²) in [5.74, 6) is 2.74.